The van der Waals surface area contributed by atoms with Crippen LogP contribution >= 0.6 is 0 Å². The number of benzene rings is 6. The fourth-order valence-electron chi connectivity index (χ4n) is 9.13. The standard InChI is InChI=1S/C48H41NO/c1-45(2,3)30-17-19-31(20-18-30)48(32-21-23-34-33-12-10-11-15-39(33)46(4,5)41(34)27-32)25-24-38-43-42(35-13-8-9-14-36(35)44(38)50-48)37-22-16-29(28-49)26-40(37)47(43,6)7/h8-27H,1-7H3. The highest BCUT2D eigenvalue weighted by Gasteiger charge is 2.45. The summed E-state index contributed by atoms with van der Waals surface area (Å²) >= 11 is 0. The highest BCUT2D eigenvalue weighted by Crippen LogP contribution is 2.59. The van der Waals surface area contributed by atoms with Gasteiger partial charge in [0.05, 0.1) is 11.6 Å². The Balaban J connectivity index is 1.31. The Labute approximate surface area is 295 Å². The molecule has 0 bridgehead atoms. The summed E-state index contributed by atoms with van der Waals surface area (Å²) in [5, 5.41) is 12.1. The molecule has 0 saturated heterocycles. The molecule has 1 heterocycles. The summed E-state index contributed by atoms with van der Waals surface area (Å²) in [7, 11) is 0. The zero-order chi connectivity index (χ0) is 34.8. The lowest BCUT2D eigenvalue weighted by molar-refractivity contribution is 0.163. The first kappa shape index (κ1) is 30.7. The van der Waals surface area contributed by atoms with Gasteiger partial charge in [0.2, 0.25) is 0 Å². The third kappa shape index (κ3) is 4.01. The molecule has 6 aromatic rings. The average Bonchev–Trinajstić information content (AvgIpc) is 3.50. The third-order valence-electron chi connectivity index (χ3n) is 11.9. The maximum atomic E-state index is 9.82. The molecule has 0 spiro atoms. The molecule has 1 aliphatic heterocycles. The van der Waals surface area contributed by atoms with Gasteiger partial charge in [-0.2, -0.15) is 5.26 Å². The van der Waals surface area contributed by atoms with Crippen molar-refractivity contribution < 1.29 is 4.74 Å². The van der Waals surface area contributed by atoms with Gasteiger partial charge in [-0.25, -0.2) is 0 Å². The van der Waals surface area contributed by atoms with Gasteiger partial charge in [-0.05, 0) is 85.1 Å². The Hall–Kier alpha value is -5.39. The Kier molecular flexibility index (Phi) is 6.18. The van der Waals surface area contributed by atoms with Crippen LogP contribution in [0.5, 0.6) is 5.75 Å². The van der Waals surface area contributed by atoms with Crippen molar-refractivity contribution in [1.29, 1.82) is 5.26 Å². The van der Waals surface area contributed by atoms with Crippen molar-refractivity contribution in [2.75, 3.05) is 0 Å². The molecule has 6 aromatic carbocycles. The van der Waals surface area contributed by atoms with Gasteiger partial charge in [-0.1, -0.05) is 146 Å². The largest absolute Gasteiger partial charge is 0.472 e. The number of nitrogens with zero attached hydrogens (tertiary/aromatic N) is 1. The summed E-state index contributed by atoms with van der Waals surface area (Å²) in [5.74, 6) is 0.909. The van der Waals surface area contributed by atoms with E-state index >= 15 is 0 Å². The lowest BCUT2D eigenvalue weighted by atomic mass is 9.75. The van der Waals surface area contributed by atoms with Crippen LogP contribution < -0.4 is 4.74 Å². The molecule has 0 aromatic heterocycles. The third-order valence-corrected chi connectivity index (χ3v) is 11.9. The van der Waals surface area contributed by atoms with Crippen molar-refractivity contribution in [3.63, 3.8) is 0 Å². The molecule has 1 atom stereocenters. The predicted octanol–water partition coefficient (Wildman–Crippen LogP) is 12.0. The minimum atomic E-state index is -0.857. The summed E-state index contributed by atoms with van der Waals surface area (Å²) in [5.41, 5.74) is 14.2. The summed E-state index contributed by atoms with van der Waals surface area (Å²) in [6.07, 6.45) is 4.63. The fourth-order valence-corrected chi connectivity index (χ4v) is 9.13. The van der Waals surface area contributed by atoms with E-state index in [-0.39, 0.29) is 16.2 Å². The zero-order valence-corrected chi connectivity index (χ0v) is 29.9. The normalized spacial score (nSPS) is 18.8. The molecular weight excluding hydrogens is 607 g/mol. The topological polar surface area (TPSA) is 33.0 Å². The van der Waals surface area contributed by atoms with E-state index in [9.17, 15) is 5.26 Å². The predicted molar refractivity (Wildman–Crippen MR) is 206 cm³/mol. The summed E-state index contributed by atoms with van der Waals surface area (Å²) in [4.78, 5) is 0. The Morgan fingerprint density at radius 2 is 1.26 bits per heavy atom. The summed E-state index contributed by atoms with van der Waals surface area (Å²) in [6, 6.07) is 42.1. The number of hydrogen-bond donors (Lipinski definition) is 0. The van der Waals surface area contributed by atoms with Crippen LogP contribution in [0.15, 0.2) is 115 Å². The van der Waals surface area contributed by atoms with Crippen molar-refractivity contribution in [1.82, 2.24) is 0 Å². The average molecular weight is 648 g/mol. The van der Waals surface area contributed by atoms with E-state index in [4.69, 9.17) is 4.74 Å². The Morgan fingerprint density at radius 3 is 2.00 bits per heavy atom. The molecule has 1 unspecified atom stereocenters. The molecule has 2 heteroatoms. The van der Waals surface area contributed by atoms with Crippen LogP contribution in [0.3, 0.4) is 0 Å². The van der Waals surface area contributed by atoms with Crippen LogP contribution in [0.2, 0.25) is 0 Å². The molecule has 0 N–H and O–H groups in total. The number of ether oxygens (including phenoxy) is 1. The van der Waals surface area contributed by atoms with Gasteiger partial charge >= 0.3 is 0 Å². The van der Waals surface area contributed by atoms with E-state index in [1.165, 1.54) is 55.5 Å². The second-order valence-electron chi connectivity index (χ2n) is 16.5. The lowest BCUT2D eigenvalue weighted by Crippen LogP contribution is -2.35. The number of fused-ring (bicyclic) bond motifs is 11. The first-order valence-corrected chi connectivity index (χ1v) is 17.7. The van der Waals surface area contributed by atoms with Crippen molar-refractivity contribution >= 4 is 16.8 Å². The van der Waals surface area contributed by atoms with Crippen LogP contribution in [-0.4, -0.2) is 0 Å². The van der Waals surface area contributed by atoms with E-state index in [2.05, 4.69) is 170 Å². The van der Waals surface area contributed by atoms with Gasteiger partial charge in [0, 0.05) is 32.9 Å². The van der Waals surface area contributed by atoms with Crippen molar-refractivity contribution in [2.45, 2.75) is 70.3 Å². The van der Waals surface area contributed by atoms with Crippen molar-refractivity contribution in [3.05, 3.63) is 165 Å². The van der Waals surface area contributed by atoms with Gasteiger partial charge in [0.15, 0.2) is 5.60 Å². The van der Waals surface area contributed by atoms with Gasteiger partial charge in [0.1, 0.15) is 5.75 Å². The van der Waals surface area contributed by atoms with Crippen LogP contribution in [0.4, 0.5) is 0 Å². The van der Waals surface area contributed by atoms with Crippen LogP contribution in [0.1, 0.15) is 98.5 Å². The lowest BCUT2D eigenvalue weighted by Gasteiger charge is -2.39. The summed E-state index contributed by atoms with van der Waals surface area (Å²) in [6.45, 7) is 16.0. The molecule has 0 saturated carbocycles. The quantitative estimate of drug-likeness (QED) is 0.187. The smallest absolute Gasteiger partial charge is 0.178 e. The van der Waals surface area contributed by atoms with Gasteiger partial charge in [0.25, 0.3) is 0 Å². The van der Waals surface area contributed by atoms with E-state index in [0.29, 0.717) is 5.56 Å². The van der Waals surface area contributed by atoms with E-state index in [0.717, 1.165) is 27.8 Å². The molecule has 9 rings (SSSR count). The van der Waals surface area contributed by atoms with Crippen LogP contribution in [0.25, 0.3) is 39.1 Å². The fraction of sp³-hybridized carbons (Fsp3) is 0.229. The highest BCUT2D eigenvalue weighted by atomic mass is 16.5. The Bertz CT molecular complexity index is 2500. The van der Waals surface area contributed by atoms with Crippen molar-refractivity contribution in [2.24, 2.45) is 0 Å². The zero-order valence-electron chi connectivity index (χ0n) is 29.9. The van der Waals surface area contributed by atoms with Crippen molar-refractivity contribution in [3.8, 4) is 34.1 Å². The molecule has 244 valence electrons. The monoisotopic (exact) mass is 647 g/mol. The minimum Gasteiger partial charge on any atom is -0.472 e. The molecule has 0 fully saturated rings. The van der Waals surface area contributed by atoms with Gasteiger partial charge < -0.3 is 4.74 Å². The Morgan fingerprint density at radius 1 is 0.620 bits per heavy atom. The molecule has 0 radical (unpaired) electrons. The summed E-state index contributed by atoms with van der Waals surface area (Å²) < 4.78 is 7.66. The maximum Gasteiger partial charge on any atom is 0.178 e. The molecule has 2 aliphatic carbocycles. The van der Waals surface area contributed by atoms with E-state index in [1.54, 1.807) is 0 Å². The number of nitriles is 1. The second-order valence-corrected chi connectivity index (χ2v) is 16.5. The van der Waals surface area contributed by atoms with Gasteiger partial charge in [-0.15, -0.1) is 0 Å². The number of rotatable bonds is 2. The van der Waals surface area contributed by atoms with E-state index < -0.39 is 5.60 Å². The SMILES string of the molecule is CC(C)(C)c1ccc(C2(c3ccc4c(c3)C(C)(C)c3ccccc3-4)C=Cc3c4c(c5ccccc5c3O2)-c2ccc(C#N)cc2C4(C)C)cc1. The number of hydrogen-bond acceptors (Lipinski definition) is 2. The van der Waals surface area contributed by atoms with Crippen LogP contribution in [-0.2, 0) is 21.8 Å². The second kappa shape index (κ2) is 10.1. The van der Waals surface area contributed by atoms with E-state index in [1.807, 2.05) is 6.07 Å². The molecule has 0 amide bonds. The molecule has 3 aliphatic rings. The molecular formula is C48H41NO. The maximum absolute atomic E-state index is 9.82. The highest BCUT2D eigenvalue weighted by molar-refractivity contribution is 6.08. The molecule has 2 nitrogen and oxygen atoms in total. The van der Waals surface area contributed by atoms with Crippen LogP contribution in [0, 0.1) is 11.3 Å². The minimum absolute atomic E-state index is 0.0354. The molecule has 50 heavy (non-hydrogen) atoms. The van der Waals surface area contributed by atoms with Gasteiger partial charge in [-0.3, -0.25) is 0 Å². The first-order chi connectivity index (χ1) is 23.9. The first-order valence-electron chi connectivity index (χ1n) is 17.7.